The van der Waals surface area contributed by atoms with Gasteiger partial charge in [0.1, 0.15) is 27.2 Å². The molecule has 0 bridgehead atoms. The van der Waals surface area contributed by atoms with Crippen molar-refractivity contribution >= 4 is 27.5 Å². The maximum Gasteiger partial charge on any atom is 0.333 e. The Morgan fingerprint density at radius 1 is 1.16 bits per heavy atom. The predicted molar refractivity (Wildman–Crippen MR) is 173 cm³/mol. The summed E-state index contributed by atoms with van der Waals surface area (Å²) in [4.78, 5) is 45.7. The molecule has 12 heteroatoms. The van der Waals surface area contributed by atoms with Crippen LogP contribution in [0.1, 0.15) is 63.2 Å². The SMILES string of the molecule is CCC(C)(C(=O)N1CCCC1)n1c(=O)c2c(C)c(-n3cccn3)sc2n(C[C@H](OC2CCOCC2)c2ccccc2OC)c1=O. The summed E-state index contributed by atoms with van der Waals surface area (Å²) in [7, 11) is 1.62. The number of fused-ring (bicyclic) bond motifs is 1. The standard InChI is InChI=1S/C33H41N5O6S/c1-5-33(3,31(40)35-16-8-9-17-35)38-28(39)27-22(2)29(37-18-10-15-34-37)45-30(27)36(32(38)41)21-26(44-23-13-19-43-20-14-23)24-11-6-7-12-25(24)42-4/h6-7,10-12,15,18,23,26H,5,8-9,13-14,16-17,19-21H2,1-4H3/t26-,33?/m0/s1. The van der Waals surface area contributed by atoms with E-state index in [0.717, 1.165) is 36.2 Å². The normalized spacial score (nSPS) is 17.9. The number of hydrogen-bond acceptors (Lipinski definition) is 8. The van der Waals surface area contributed by atoms with Crippen LogP contribution in [0.3, 0.4) is 0 Å². The lowest BCUT2D eigenvalue weighted by Gasteiger charge is -2.34. The van der Waals surface area contributed by atoms with E-state index >= 15 is 0 Å². The van der Waals surface area contributed by atoms with Crippen molar-refractivity contribution in [2.45, 2.75) is 77.2 Å². The number of amides is 1. The van der Waals surface area contributed by atoms with Gasteiger partial charge < -0.3 is 19.1 Å². The summed E-state index contributed by atoms with van der Waals surface area (Å²) in [6, 6.07) is 9.46. The van der Waals surface area contributed by atoms with E-state index in [2.05, 4.69) is 5.10 Å². The number of carbonyl (C=O) groups excluding carboxylic acids is 1. The zero-order valence-electron chi connectivity index (χ0n) is 26.4. The number of thiophene rings is 1. The van der Waals surface area contributed by atoms with E-state index in [9.17, 15) is 14.4 Å². The predicted octanol–water partition coefficient (Wildman–Crippen LogP) is 4.41. The van der Waals surface area contributed by atoms with Gasteiger partial charge in [-0.05, 0) is 58.1 Å². The molecule has 0 aliphatic carbocycles. The van der Waals surface area contributed by atoms with Crippen LogP contribution in [-0.2, 0) is 26.4 Å². The van der Waals surface area contributed by atoms with Gasteiger partial charge in [-0.1, -0.05) is 36.5 Å². The van der Waals surface area contributed by atoms with Crippen molar-refractivity contribution in [1.82, 2.24) is 23.8 Å². The Hall–Kier alpha value is -3.74. The third-order valence-corrected chi connectivity index (χ3v) is 10.6. The van der Waals surface area contributed by atoms with Crippen molar-refractivity contribution in [1.29, 1.82) is 0 Å². The molecule has 0 N–H and O–H groups in total. The van der Waals surface area contributed by atoms with Crippen LogP contribution < -0.4 is 16.0 Å². The Bertz CT molecular complexity index is 1780. The number of methoxy groups -OCH3 is 1. The molecule has 2 saturated heterocycles. The fourth-order valence-corrected chi connectivity index (χ4v) is 7.81. The monoisotopic (exact) mass is 635 g/mol. The number of benzene rings is 1. The number of nitrogens with zero attached hydrogens (tertiary/aromatic N) is 5. The molecule has 2 aliphatic rings. The van der Waals surface area contributed by atoms with Crippen molar-refractivity contribution in [3.63, 3.8) is 0 Å². The third kappa shape index (κ3) is 5.64. The van der Waals surface area contributed by atoms with Gasteiger partial charge >= 0.3 is 5.69 Å². The summed E-state index contributed by atoms with van der Waals surface area (Å²) in [5.74, 6) is 0.446. The minimum Gasteiger partial charge on any atom is -0.496 e. The van der Waals surface area contributed by atoms with E-state index in [0.29, 0.717) is 47.8 Å². The van der Waals surface area contributed by atoms with Crippen molar-refractivity contribution in [3.05, 3.63) is 74.7 Å². The first-order valence-corrected chi connectivity index (χ1v) is 16.5. The van der Waals surface area contributed by atoms with Crippen LogP contribution in [0.5, 0.6) is 5.75 Å². The molecule has 11 nitrogen and oxygen atoms in total. The second-order valence-electron chi connectivity index (χ2n) is 12.0. The number of carbonyl (C=O) groups is 1. The number of rotatable bonds is 10. The van der Waals surface area contributed by atoms with Gasteiger partial charge in [-0.25, -0.2) is 14.0 Å². The van der Waals surface area contributed by atoms with Crippen LogP contribution in [0.25, 0.3) is 15.2 Å². The number of ether oxygens (including phenoxy) is 3. The third-order valence-electron chi connectivity index (χ3n) is 9.30. The first-order valence-electron chi connectivity index (χ1n) is 15.7. The molecule has 3 aromatic heterocycles. The lowest BCUT2D eigenvalue weighted by Crippen LogP contribution is -2.57. The summed E-state index contributed by atoms with van der Waals surface area (Å²) in [5.41, 5.74) is -0.854. The molecular weight excluding hydrogens is 594 g/mol. The smallest absolute Gasteiger partial charge is 0.333 e. The van der Waals surface area contributed by atoms with Crippen LogP contribution in [0.4, 0.5) is 0 Å². The zero-order valence-corrected chi connectivity index (χ0v) is 27.2. The Balaban J connectivity index is 1.58. The highest BCUT2D eigenvalue weighted by atomic mass is 32.1. The van der Waals surface area contributed by atoms with E-state index in [1.54, 1.807) is 34.4 Å². The van der Waals surface area contributed by atoms with E-state index in [1.165, 1.54) is 15.9 Å². The summed E-state index contributed by atoms with van der Waals surface area (Å²) in [5, 5.41) is 5.56. The van der Waals surface area contributed by atoms with Crippen molar-refractivity contribution in [3.8, 4) is 10.8 Å². The molecule has 0 spiro atoms. The number of aryl methyl sites for hydroxylation is 1. The second-order valence-corrected chi connectivity index (χ2v) is 13.0. The minimum absolute atomic E-state index is 0.0758. The van der Waals surface area contributed by atoms with Gasteiger partial charge in [0.2, 0.25) is 5.91 Å². The molecule has 1 unspecified atom stereocenters. The average Bonchev–Trinajstić information content (AvgIpc) is 3.85. The summed E-state index contributed by atoms with van der Waals surface area (Å²) in [6.07, 6.45) is 6.41. The Morgan fingerprint density at radius 3 is 2.56 bits per heavy atom. The van der Waals surface area contributed by atoms with Gasteiger partial charge in [0, 0.05) is 49.8 Å². The maximum atomic E-state index is 14.8. The molecule has 2 aliphatic heterocycles. The molecule has 0 radical (unpaired) electrons. The molecule has 4 aromatic rings. The number of likely N-dealkylation sites (tertiary alicyclic amines) is 1. The van der Waals surface area contributed by atoms with Crippen LogP contribution in [-0.4, -0.2) is 69.2 Å². The summed E-state index contributed by atoms with van der Waals surface area (Å²) in [6.45, 7) is 8.01. The van der Waals surface area contributed by atoms with Gasteiger partial charge in [-0.15, -0.1) is 0 Å². The maximum absolute atomic E-state index is 14.8. The largest absolute Gasteiger partial charge is 0.496 e. The molecule has 2 fully saturated rings. The first kappa shape index (κ1) is 31.3. The number of aromatic nitrogens is 4. The van der Waals surface area contributed by atoms with E-state index in [1.807, 2.05) is 50.4 Å². The second kappa shape index (κ2) is 12.9. The summed E-state index contributed by atoms with van der Waals surface area (Å²) >= 11 is 1.34. The molecule has 0 saturated carbocycles. The number of para-hydroxylation sites is 1. The lowest BCUT2D eigenvalue weighted by molar-refractivity contribution is -0.139. The summed E-state index contributed by atoms with van der Waals surface area (Å²) < 4.78 is 22.6. The molecule has 1 aromatic carbocycles. The fourth-order valence-electron chi connectivity index (χ4n) is 6.56. The molecule has 2 atom stereocenters. The fraction of sp³-hybridized carbons (Fsp3) is 0.515. The number of hydrogen-bond donors (Lipinski definition) is 0. The van der Waals surface area contributed by atoms with Gasteiger partial charge in [0.25, 0.3) is 5.56 Å². The quantitative estimate of drug-likeness (QED) is 0.254. The molecule has 240 valence electrons. The van der Waals surface area contributed by atoms with Gasteiger partial charge in [-0.2, -0.15) is 5.10 Å². The minimum atomic E-state index is -1.36. The molecule has 1 amide bonds. The van der Waals surface area contributed by atoms with Crippen molar-refractivity contribution in [2.75, 3.05) is 33.4 Å². The topological polar surface area (TPSA) is 110 Å². The Kier molecular flexibility index (Phi) is 8.98. The molecular formula is C33H41N5O6S. The van der Waals surface area contributed by atoms with Crippen LogP contribution in [0, 0.1) is 6.92 Å². The average molecular weight is 636 g/mol. The van der Waals surface area contributed by atoms with Crippen LogP contribution >= 0.6 is 11.3 Å². The highest BCUT2D eigenvalue weighted by Crippen LogP contribution is 2.36. The molecule has 45 heavy (non-hydrogen) atoms. The molecule has 6 rings (SSSR count). The Labute approximate surface area is 265 Å². The van der Waals surface area contributed by atoms with Crippen LogP contribution in [0.2, 0.25) is 0 Å². The van der Waals surface area contributed by atoms with Crippen molar-refractivity contribution in [2.24, 2.45) is 0 Å². The molecule has 5 heterocycles. The lowest BCUT2D eigenvalue weighted by atomic mass is 9.96. The van der Waals surface area contributed by atoms with E-state index in [4.69, 9.17) is 14.2 Å². The zero-order chi connectivity index (χ0) is 31.7. The van der Waals surface area contributed by atoms with E-state index < -0.39 is 22.9 Å². The van der Waals surface area contributed by atoms with Crippen LogP contribution in [0.15, 0.2) is 52.3 Å². The van der Waals surface area contributed by atoms with Crippen molar-refractivity contribution < 1.29 is 19.0 Å². The highest BCUT2D eigenvalue weighted by Gasteiger charge is 2.42. The van der Waals surface area contributed by atoms with Gasteiger partial charge in [0.15, 0.2) is 0 Å². The Morgan fingerprint density at radius 2 is 1.89 bits per heavy atom. The highest BCUT2D eigenvalue weighted by molar-refractivity contribution is 7.21. The van der Waals surface area contributed by atoms with Gasteiger partial charge in [0.05, 0.1) is 25.1 Å². The van der Waals surface area contributed by atoms with E-state index in [-0.39, 0.29) is 25.0 Å². The first-order chi connectivity index (χ1) is 21.8. The van der Waals surface area contributed by atoms with Gasteiger partial charge in [-0.3, -0.25) is 14.2 Å².